The normalized spacial score (nSPS) is 26.3. The number of carbonyl (C=O) groups excluding carboxylic acids is 2. The summed E-state index contributed by atoms with van der Waals surface area (Å²) in [5.74, 6) is -8.48. The molecule has 2 saturated carbocycles. The van der Waals surface area contributed by atoms with E-state index in [1.54, 1.807) is 0 Å². The molecule has 2 fully saturated rings. The maximum Gasteiger partial charge on any atom is 0.431 e. The number of hydrogen-bond acceptors (Lipinski definition) is 4. The lowest BCUT2D eigenvalue weighted by atomic mass is 9.79. The number of rotatable bonds is 5. The van der Waals surface area contributed by atoms with Gasteiger partial charge in [0, 0.05) is 6.92 Å². The van der Waals surface area contributed by atoms with Crippen molar-refractivity contribution >= 4 is 11.9 Å². The molecule has 0 aromatic heterocycles. The van der Waals surface area contributed by atoms with E-state index in [9.17, 15) is 31.5 Å². The molecule has 0 radical (unpaired) electrons. The zero-order chi connectivity index (χ0) is 20.2. The predicted octanol–water partition coefficient (Wildman–Crippen LogP) is 4.80. The lowest BCUT2D eigenvalue weighted by molar-refractivity contribution is -0.275. The van der Waals surface area contributed by atoms with Crippen LogP contribution in [0.15, 0.2) is 0 Å². The molecular formula is C18H25F5O4. The monoisotopic (exact) mass is 400 g/mol. The Morgan fingerprint density at radius 3 is 1.78 bits per heavy atom. The van der Waals surface area contributed by atoms with Crippen molar-refractivity contribution in [3.8, 4) is 0 Å². The highest BCUT2D eigenvalue weighted by atomic mass is 19.4. The highest BCUT2D eigenvalue weighted by Gasteiger charge is 2.57. The molecule has 2 aliphatic rings. The fourth-order valence-electron chi connectivity index (χ4n) is 3.79. The summed E-state index contributed by atoms with van der Waals surface area (Å²) in [6, 6.07) is 0. The standard InChI is InChI=1S/C18H25F5O4/c1-17(19,20)16(18(21,22)23)27-15(25)13-10-6-5-9-12(13)14(24)26-11-7-3-2-4-8-11/h11-13,16H,2-10H2,1H3. The summed E-state index contributed by atoms with van der Waals surface area (Å²) < 4.78 is 74.8. The first-order chi connectivity index (χ1) is 12.5. The van der Waals surface area contributed by atoms with Gasteiger partial charge >= 0.3 is 18.1 Å². The van der Waals surface area contributed by atoms with Crippen molar-refractivity contribution in [2.45, 2.75) is 89.0 Å². The summed E-state index contributed by atoms with van der Waals surface area (Å²) in [6.45, 7) is 0.0497. The minimum absolute atomic E-state index is 0.0497. The largest absolute Gasteiger partial charge is 0.462 e. The molecule has 0 aromatic rings. The smallest absolute Gasteiger partial charge is 0.431 e. The Labute approximate surface area is 154 Å². The third-order valence-electron chi connectivity index (χ3n) is 5.20. The van der Waals surface area contributed by atoms with E-state index in [1.807, 2.05) is 0 Å². The second-order valence-electron chi connectivity index (χ2n) is 7.51. The Morgan fingerprint density at radius 2 is 1.30 bits per heavy atom. The molecule has 3 atom stereocenters. The number of alkyl halides is 5. The highest BCUT2D eigenvalue weighted by Crippen LogP contribution is 2.38. The van der Waals surface area contributed by atoms with Crippen LogP contribution < -0.4 is 0 Å². The molecule has 9 heteroatoms. The minimum atomic E-state index is -5.40. The van der Waals surface area contributed by atoms with Gasteiger partial charge in [0.2, 0.25) is 0 Å². The first kappa shape index (κ1) is 21.9. The fraction of sp³-hybridized carbons (Fsp3) is 0.889. The van der Waals surface area contributed by atoms with Gasteiger partial charge in [0.05, 0.1) is 11.8 Å². The Balaban J connectivity index is 2.06. The van der Waals surface area contributed by atoms with Gasteiger partial charge in [0.25, 0.3) is 12.0 Å². The SMILES string of the molecule is CC(F)(F)C(OC(=O)C1CCCCC1C(=O)OC1CCCCC1)C(F)(F)F. The fourth-order valence-corrected chi connectivity index (χ4v) is 3.79. The van der Waals surface area contributed by atoms with Crippen molar-refractivity contribution in [3.05, 3.63) is 0 Å². The number of halogens is 5. The molecule has 2 rings (SSSR count). The van der Waals surface area contributed by atoms with Gasteiger partial charge in [-0.2, -0.15) is 13.2 Å². The molecule has 0 saturated heterocycles. The molecule has 156 valence electrons. The zero-order valence-corrected chi connectivity index (χ0v) is 15.2. The van der Waals surface area contributed by atoms with Crippen LogP contribution in [0.4, 0.5) is 22.0 Å². The molecule has 0 heterocycles. The predicted molar refractivity (Wildman–Crippen MR) is 85.0 cm³/mol. The Kier molecular flexibility index (Phi) is 7.08. The molecule has 0 N–H and O–H groups in total. The van der Waals surface area contributed by atoms with Crippen molar-refractivity contribution in [1.29, 1.82) is 0 Å². The van der Waals surface area contributed by atoms with E-state index < -0.39 is 42.0 Å². The molecule has 0 aliphatic heterocycles. The van der Waals surface area contributed by atoms with E-state index in [-0.39, 0.29) is 25.9 Å². The van der Waals surface area contributed by atoms with Crippen LogP contribution in [-0.4, -0.2) is 36.2 Å². The van der Waals surface area contributed by atoms with Gasteiger partial charge in [-0.1, -0.05) is 19.3 Å². The van der Waals surface area contributed by atoms with Gasteiger partial charge in [-0.15, -0.1) is 0 Å². The van der Waals surface area contributed by atoms with Crippen LogP contribution in [0.5, 0.6) is 0 Å². The third-order valence-corrected chi connectivity index (χ3v) is 5.20. The van der Waals surface area contributed by atoms with Gasteiger partial charge in [0.15, 0.2) is 0 Å². The lowest BCUT2D eigenvalue weighted by Crippen LogP contribution is -2.48. The maximum atomic E-state index is 13.3. The van der Waals surface area contributed by atoms with Gasteiger partial charge in [-0.25, -0.2) is 8.78 Å². The molecular weight excluding hydrogens is 375 g/mol. The van der Waals surface area contributed by atoms with Gasteiger partial charge in [0.1, 0.15) is 6.10 Å². The van der Waals surface area contributed by atoms with Crippen LogP contribution in [0.2, 0.25) is 0 Å². The van der Waals surface area contributed by atoms with Gasteiger partial charge in [-0.3, -0.25) is 9.59 Å². The molecule has 3 unspecified atom stereocenters. The number of ether oxygens (including phenoxy) is 2. The minimum Gasteiger partial charge on any atom is -0.462 e. The topological polar surface area (TPSA) is 52.6 Å². The van der Waals surface area contributed by atoms with E-state index >= 15 is 0 Å². The van der Waals surface area contributed by atoms with Gasteiger partial charge < -0.3 is 9.47 Å². The molecule has 4 nitrogen and oxygen atoms in total. The molecule has 0 bridgehead atoms. The zero-order valence-electron chi connectivity index (χ0n) is 15.2. The Bertz CT molecular complexity index is 509. The number of esters is 2. The van der Waals surface area contributed by atoms with E-state index in [1.165, 1.54) is 0 Å². The molecule has 0 aromatic carbocycles. The molecule has 0 amide bonds. The molecule has 27 heavy (non-hydrogen) atoms. The van der Waals surface area contributed by atoms with Crippen molar-refractivity contribution in [1.82, 2.24) is 0 Å². The van der Waals surface area contributed by atoms with E-state index in [0.29, 0.717) is 25.7 Å². The highest BCUT2D eigenvalue weighted by molar-refractivity contribution is 5.82. The summed E-state index contributed by atoms with van der Waals surface area (Å²) in [5.41, 5.74) is 0. The van der Waals surface area contributed by atoms with Crippen molar-refractivity contribution in [2.75, 3.05) is 0 Å². The average molecular weight is 400 g/mol. The van der Waals surface area contributed by atoms with E-state index in [0.717, 1.165) is 19.3 Å². The quantitative estimate of drug-likeness (QED) is 0.492. The number of carbonyl (C=O) groups is 2. The second kappa shape index (κ2) is 8.73. The van der Waals surface area contributed by atoms with Crippen LogP contribution >= 0.6 is 0 Å². The lowest BCUT2D eigenvalue weighted by Gasteiger charge is -2.33. The number of hydrogen-bond donors (Lipinski definition) is 0. The van der Waals surface area contributed by atoms with Crippen LogP contribution in [0, 0.1) is 11.8 Å². The van der Waals surface area contributed by atoms with Crippen LogP contribution in [0.1, 0.15) is 64.7 Å². The van der Waals surface area contributed by atoms with Crippen LogP contribution in [-0.2, 0) is 19.1 Å². The summed E-state index contributed by atoms with van der Waals surface area (Å²) >= 11 is 0. The molecule has 0 spiro atoms. The van der Waals surface area contributed by atoms with E-state index in [2.05, 4.69) is 4.74 Å². The Morgan fingerprint density at radius 1 is 0.815 bits per heavy atom. The van der Waals surface area contributed by atoms with Crippen molar-refractivity contribution in [2.24, 2.45) is 11.8 Å². The summed E-state index contributed by atoms with van der Waals surface area (Å²) in [7, 11) is 0. The van der Waals surface area contributed by atoms with E-state index in [4.69, 9.17) is 4.74 Å². The van der Waals surface area contributed by atoms with Gasteiger partial charge in [-0.05, 0) is 38.5 Å². The maximum absolute atomic E-state index is 13.3. The third kappa shape index (κ3) is 6.04. The van der Waals surface area contributed by atoms with Crippen LogP contribution in [0.25, 0.3) is 0 Å². The first-order valence-corrected chi connectivity index (χ1v) is 9.35. The average Bonchev–Trinajstić information content (AvgIpc) is 2.58. The van der Waals surface area contributed by atoms with Crippen LogP contribution in [0.3, 0.4) is 0 Å². The Hall–Kier alpha value is -1.41. The summed E-state index contributed by atoms with van der Waals surface area (Å²) in [4.78, 5) is 24.7. The second-order valence-corrected chi connectivity index (χ2v) is 7.51. The summed E-state index contributed by atoms with van der Waals surface area (Å²) in [5, 5.41) is 0. The molecule has 2 aliphatic carbocycles. The van der Waals surface area contributed by atoms with Crippen molar-refractivity contribution < 1.29 is 41.0 Å². The first-order valence-electron chi connectivity index (χ1n) is 9.35. The van der Waals surface area contributed by atoms with Crippen molar-refractivity contribution in [3.63, 3.8) is 0 Å². The summed E-state index contributed by atoms with van der Waals surface area (Å²) in [6.07, 6.45) is -3.36.